The van der Waals surface area contributed by atoms with E-state index in [4.69, 9.17) is 24.7 Å². The molecule has 0 radical (unpaired) electrons. The van der Waals surface area contributed by atoms with Crippen molar-refractivity contribution in [2.45, 2.75) is 170 Å². The van der Waals surface area contributed by atoms with Gasteiger partial charge in [-0.1, -0.05) is 98.9 Å². The first kappa shape index (κ1) is 55.6. The van der Waals surface area contributed by atoms with Crippen LogP contribution < -0.4 is 5.73 Å². The van der Waals surface area contributed by atoms with Crippen molar-refractivity contribution in [3.8, 4) is 0 Å². The van der Waals surface area contributed by atoms with Gasteiger partial charge in [-0.15, -0.1) is 0 Å². The third-order valence-corrected chi connectivity index (χ3v) is 11.9. The fourth-order valence-corrected chi connectivity index (χ4v) is 7.81. The summed E-state index contributed by atoms with van der Waals surface area (Å²) < 4.78 is 23.1. The third kappa shape index (κ3) is 18.5. The number of hydrogen-bond acceptors (Lipinski definition) is 17. The van der Waals surface area contributed by atoms with E-state index in [1.807, 2.05) is 13.0 Å². The number of aliphatic carboxylic acids is 1. The summed E-state index contributed by atoms with van der Waals surface area (Å²) in [6.45, 7) is 6.69. The number of esters is 1. The van der Waals surface area contributed by atoms with E-state index in [2.05, 4.69) is 0 Å². The van der Waals surface area contributed by atoms with Crippen LogP contribution in [0.1, 0.15) is 79.1 Å². The Hall–Kier alpha value is -3.73. The molecule has 0 aliphatic carbocycles. The van der Waals surface area contributed by atoms with Gasteiger partial charge < -0.3 is 75.7 Å². The number of rotatable bonds is 3. The van der Waals surface area contributed by atoms with Crippen LogP contribution in [-0.2, 0) is 33.3 Å². The van der Waals surface area contributed by atoms with Crippen LogP contribution in [0.25, 0.3) is 0 Å². The Bertz CT molecular complexity index is 1710. The van der Waals surface area contributed by atoms with Crippen molar-refractivity contribution in [2.75, 3.05) is 0 Å². The number of ether oxygens (including phenoxy) is 4. The Balaban J connectivity index is 1.86. The third-order valence-electron chi connectivity index (χ3n) is 11.9. The number of nitrogens with two attached hydrogens (primary N) is 1. The normalized spacial score (nSPS) is 44.4. The number of carboxylic acids is 1. The largest absolute Gasteiger partial charge is 0.481 e. The number of Topliss-reactive ketones (excluding diaryl/α,β-unsaturated/α-hetero) is 1. The first-order chi connectivity index (χ1) is 30.6. The van der Waals surface area contributed by atoms with Gasteiger partial charge in [0.15, 0.2) is 12.1 Å². The van der Waals surface area contributed by atoms with Crippen LogP contribution in [0, 0.1) is 17.8 Å². The van der Waals surface area contributed by atoms with Gasteiger partial charge in [0.2, 0.25) is 0 Å². The summed E-state index contributed by atoms with van der Waals surface area (Å²) in [5.41, 5.74) is 6.01. The van der Waals surface area contributed by atoms with E-state index in [1.54, 1.807) is 86.8 Å². The van der Waals surface area contributed by atoms with E-state index in [0.29, 0.717) is 0 Å². The Morgan fingerprint density at radius 1 is 0.677 bits per heavy atom. The second kappa shape index (κ2) is 27.2. The first-order valence-corrected chi connectivity index (χ1v) is 22.2. The van der Waals surface area contributed by atoms with Crippen LogP contribution >= 0.6 is 0 Å². The van der Waals surface area contributed by atoms with Gasteiger partial charge in [0.05, 0.1) is 73.5 Å². The maximum Gasteiger partial charge on any atom is 0.311 e. The van der Waals surface area contributed by atoms with Gasteiger partial charge in [0.1, 0.15) is 23.9 Å². The average molecular weight is 922 g/mol. The molecule has 3 aliphatic rings. The number of hydrogen-bond donors (Lipinski definition) is 11. The van der Waals surface area contributed by atoms with Gasteiger partial charge in [-0.3, -0.25) is 14.4 Å². The van der Waals surface area contributed by atoms with Crippen molar-refractivity contribution in [3.05, 3.63) is 85.1 Å². The SMILES string of the molecule is CC1\C=C/C=C/C=C/C=C/C=C/C=C/C=C/C(OC2OC(C)C(O)C(N)C2O)CC2OC(O)(CC(O)C(O)CCC(O)CC(=O)CC(O)CC(=O)OC(C)C(C)C1O)CC(O)C2C(=O)O. The van der Waals surface area contributed by atoms with Crippen molar-refractivity contribution in [2.24, 2.45) is 23.5 Å². The molecular formula is C47H71NO17. The predicted octanol–water partition coefficient (Wildman–Crippen LogP) is 0.920. The molecule has 12 N–H and O–H groups in total. The highest BCUT2D eigenvalue weighted by Crippen LogP contribution is 2.38. The van der Waals surface area contributed by atoms with Crippen LogP contribution in [0.5, 0.6) is 0 Å². The molecule has 3 aliphatic heterocycles. The summed E-state index contributed by atoms with van der Waals surface area (Å²) in [5.74, 6) is -7.57. The second-order valence-corrected chi connectivity index (χ2v) is 17.4. The van der Waals surface area contributed by atoms with Crippen LogP contribution in [0.3, 0.4) is 0 Å². The molecule has 3 heterocycles. The number of carbonyl (C=O) groups is 3. The molecule has 18 atom stereocenters. The van der Waals surface area contributed by atoms with E-state index in [-0.39, 0.29) is 25.2 Å². The van der Waals surface area contributed by atoms with E-state index < -0.39 is 153 Å². The number of aliphatic hydroxyl groups is 9. The topological polar surface area (TPSA) is 316 Å². The fourth-order valence-electron chi connectivity index (χ4n) is 7.81. The molecule has 3 rings (SSSR count). The Morgan fingerprint density at radius 2 is 1.22 bits per heavy atom. The molecule has 366 valence electrons. The van der Waals surface area contributed by atoms with Crippen LogP contribution in [0.2, 0.25) is 0 Å². The zero-order chi connectivity index (χ0) is 48.4. The predicted molar refractivity (Wildman–Crippen MR) is 236 cm³/mol. The summed E-state index contributed by atoms with van der Waals surface area (Å²) in [6.07, 6.45) is 3.75. The zero-order valence-electron chi connectivity index (χ0n) is 37.5. The number of allylic oxidation sites excluding steroid dienone is 12. The van der Waals surface area contributed by atoms with Gasteiger partial charge in [0, 0.05) is 43.9 Å². The Kier molecular flexibility index (Phi) is 23.2. The highest BCUT2D eigenvalue weighted by molar-refractivity contribution is 5.80. The average Bonchev–Trinajstić information content (AvgIpc) is 3.21. The minimum absolute atomic E-state index is 0.201. The molecule has 2 bridgehead atoms. The standard InChI is InChI=1S/C47H71NO17/c1-27-17-15-13-11-9-7-5-6-8-10-12-14-16-18-34(64-46-44(58)41(48)43(57)30(4)63-46)24-38-40(45(59)60)37(54)26-47(61,65-38)25-36(53)35(52)20-19-31(49)21-32(50)22-33(51)23-39(55)62-29(3)28(2)42(27)56/h5-18,27-31,33-38,40-44,46,49,51-54,56-58,61H,19-26,48H2,1-4H3,(H,59,60)/b6-5+,9-7+,10-8+,13-11+,14-12+,17-15-,18-16+. The minimum Gasteiger partial charge on any atom is -0.481 e. The number of fused-ring (bicyclic) bond motifs is 2. The quantitative estimate of drug-likeness (QED) is 0.175. The fraction of sp³-hybridized carbons (Fsp3) is 0.638. The van der Waals surface area contributed by atoms with Gasteiger partial charge >= 0.3 is 11.9 Å². The summed E-state index contributed by atoms with van der Waals surface area (Å²) >= 11 is 0. The highest BCUT2D eigenvalue weighted by Gasteiger charge is 2.51. The van der Waals surface area contributed by atoms with E-state index in [9.17, 15) is 65.4 Å². The highest BCUT2D eigenvalue weighted by atomic mass is 16.7. The molecule has 18 nitrogen and oxygen atoms in total. The van der Waals surface area contributed by atoms with E-state index in [1.165, 1.54) is 13.0 Å². The summed E-state index contributed by atoms with van der Waals surface area (Å²) in [6, 6.07) is -1.15. The molecule has 0 aromatic rings. The maximum atomic E-state index is 12.7. The summed E-state index contributed by atoms with van der Waals surface area (Å²) in [7, 11) is 0. The molecule has 2 fully saturated rings. The lowest BCUT2D eigenvalue weighted by atomic mass is 9.82. The molecular weight excluding hydrogens is 851 g/mol. The number of cyclic esters (lactones) is 1. The van der Waals surface area contributed by atoms with Gasteiger partial charge in [-0.05, 0) is 26.7 Å². The van der Waals surface area contributed by atoms with E-state index >= 15 is 0 Å². The Labute approximate surface area is 380 Å². The van der Waals surface area contributed by atoms with Crippen molar-refractivity contribution >= 4 is 17.7 Å². The molecule has 0 saturated carbocycles. The molecule has 0 amide bonds. The number of aliphatic hydroxyl groups excluding tert-OH is 8. The molecule has 0 spiro atoms. The van der Waals surface area contributed by atoms with Gasteiger partial charge in [-0.25, -0.2) is 0 Å². The zero-order valence-corrected chi connectivity index (χ0v) is 37.5. The van der Waals surface area contributed by atoms with Crippen LogP contribution in [0.4, 0.5) is 0 Å². The lowest BCUT2D eigenvalue weighted by Gasteiger charge is -2.45. The van der Waals surface area contributed by atoms with Crippen LogP contribution in [0.15, 0.2) is 85.1 Å². The summed E-state index contributed by atoms with van der Waals surface area (Å²) in [4.78, 5) is 37.7. The smallest absolute Gasteiger partial charge is 0.311 e. The van der Waals surface area contributed by atoms with Crippen molar-refractivity contribution in [1.29, 1.82) is 0 Å². The number of carbonyl (C=O) groups excluding carboxylic acids is 2. The van der Waals surface area contributed by atoms with Crippen molar-refractivity contribution < 1.29 is 84.4 Å². The van der Waals surface area contributed by atoms with Gasteiger partial charge in [-0.2, -0.15) is 0 Å². The molecule has 0 aromatic heterocycles. The second-order valence-electron chi connectivity index (χ2n) is 17.4. The minimum atomic E-state index is -2.37. The monoisotopic (exact) mass is 921 g/mol. The molecule has 18 unspecified atom stereocenters. The lowest BCUT2D eigenvalue weighted by Crippen LogP contribution is -2.61. The van der Waals surface area contributed by atoms with Crippen molar-refractivity contribution in [1.82, 2.24) is 0 Å². The number of ketones is 1. The Morgan fingerprint density at radius 3 is 1.80 bits per heavy atom. The molecule has 18 heteroatoms. The number of carboxylic acid groups (broad SMARTS) is 1. The van der Waals surface area contributed by atoms with Crippen LogP contribution in [-0.4, -0.2) is 160 Å². The maximum absolute atomic E-state index is 12.7. The molecule has 0 aromatic carbocycles. The molecule has 2 saturated heterocycles. The summed E-state index contributed by atoms with van der Waals surface area (Å²) in [5, 5.41) is 107. The van der Waals surface area contributed by atoms with E-state index in [0.717, 1.165) is 0 Å². The van der Waals surface area contributed by atoms with Gasteiger partial charge in [0.25, 0.3) is 0 Å². The molecule has 65 heavy (non-hydrogen) atoms. The van der Waals surface area contributed by atoms with Crippen molar-refractivity contribution in [3.63, 3.8) is 0 Å². The lowest BCUT2D eigenvalue weighted by molar-refractivity contribution is -0.310. The first-order valence-electron chi connectivity index (χ1n) is 22.2.